The van der Waals surface area contributed by atoms with E-state index in [2.05, 4.69) is 29.3 Å². The van der Waals surface area contributed by atoms with Crippen LogP contribution in [-0.4, -0.2) is 30.8 Å². The smallest absolute Gasteiger partial charge is 0.316 e. The molecule has 7 nitrogen and oxygen atoms in total. The second kappa shape index (κ2) is 8.15. The van der Waals surface area contributed by atoms with Gasteiger partial charge in [0, 0.05) is 36.4 Å². The molecule has 3 heterocycles. The third-order valence-corrected chi connectivity index (χ3v) is 4.14. The number of pyridine rings is 1. The van der Waals surface area contributed by atoms with Crippen molar-refractivity contribution in [1.82, 2.24) is 24.7 Å². The molecule has 0 saturated carbocycles. The van der Waals surface area contributed by atoms with Gasteiger partial charge in [0.2, 0.25) is 0 Å². The van der Waals surface area contributed by atoms with Crippen LogP contribution in [0.2, 0.25) is 0 Å². The molecular formula is C18H20N5O2P. The fourth-order valence-corrected chi connectivity index (χ4v) is 2.56. The van der Waals surface area contributed by atoms with Crippen molar-refractivity contribution in [2.45, 2.75) is 32.9 Å². The molecule has 0 aliphatic rings. The molecule has 0 aromatic carbocycles. The molecular weight excluding hydrogens is 349 g/mol. The van der Waals surface area contributed by atoms with Gasteiger partial charge in [-0.3, -0.25) is 9.78 Å². The van der Waals surface area contributed by atoms with Gasteiger partial charge in [-0.15, -0.1) is 9.24 Å². The minimum atomic E-state index is -0.180. The minimum absolute atomic E-state index is 0.0574. The zero-order valence-electron chi connectivity index (χ0n) is 14.7. The molecule has 3 aromatic rings. The van der Waals surface area contributed by atoms with E-state index in [0.717, 1.165) is 17.3 Å². The van der Waals surface area contributed by atoms with E-state index in [1.54, 1.807) is 30.9 Å². The summed E-state index contributed by atoms with van der Waals surface area (Å²) < 4.78 is 6.98. The summed E-state index contributed by atoms with van der Waals surface area (Å²) >= 11 is 0. The molecule has 0 aliphatic heterocycles. The molecule has 0 saturated heterocycles. The van der Waals surface area contributed by atoms with Crippen molar-refractivity contribution in [1.29, 1.82) is 0 Å². The maximum atomic E-state index is 12.1. The molecule has 0 N–H and O–H groups in total. The number of nitrogens with zero attached hydrogens (tertiary/aromatic N) is 5. The Morgan fingerprint density at radius 2 is 1.96 bits per heavy atom. The lowest BCUT2D eigenvalue weighted by molar-refractivity contribution is 0.199. The maximum absolute atomic E-state index is 12.1. The summed E-state index contributed by atoms with van der Waals surface area (Å²) in [6.07, 6.45) is 7.69. The Bertz CT molecular complexity index is 943. The van der Waals surface area contributed by atoms with E-state index in [-0.39, 0.29) is 11.7 Å². The van der Waals surface area contributed by atoms with Crippen LogP contribution in [0, 0.1) is 0 Å². The van der Waals surface area contributed by atoms with Gasteiger partial charge in [0.15, 0.2) is 0 Å². The van der Waals surface area contributed by atoms with Gasteiger partial charge in [-0.1, -0.05) is 6.92 Å². The highest BCUT2D eigenvalue weighted by Gasteiger charge is 2.08. The molecule has 0 bridgehead atoms. The summed E-state index contributed by atoms with van der Waals surface area (Å²) in [7, 11) is 2.59. The van der Waals surface area contributed by atoms with Gasteiger partial charge in [-0.05, 0) is 36.3 Å². The van der Waals surface area contributed by atoms with Crippen LogP contribution in [0.15, 0.2) is 47.8 Å². The van der Waals surface area contributed by atoms with E-state index in [9.17, 15) is 4.79 Å². The lowest BCUT2D eigenvalue weighted by atomic mass is 10.2. The first-order valence-electron chi connectivity index (χ1n) is 8.32. The van der Waals surface area contributed by atoms with Crippen molar-refractivity contribution in [3.63, 3.8) is 0 Å². The summed E-state index contributed by atoms with van der Waals surface area (Å²) in [4.78, 5) is 24.7. The van der Waals surface area contributed by atoms with Gasteiger partial charge in [0.1, 0.15) is 0 Å². The monoisotopic (exact) mass is 369 g/mol. The van der Waals surface area contributed by atoms with Gasteiger partial charge in [0.25, 0.3) is 5.56 Å². The molecule has 2 atom stereocenters. The lowest BCUT2D eigenvalue weighted by Crippen LogP contribution is -2.23. The SMILES string of the molecule is CC[C@H](C)Oc1ncc(-c2ccc(=O)n(Cc3cncc(P)c3)n2)cn1. The molecule has 0 amide bonds. The predicted octanol–water partition coefficient (Wildman–Crippen LogP) is 1.82. The number of hydrogen-bond acceptors (Lipinski definition) is 6. The predicted molar refractivity (Wildman–Crippen MR) is 103 cm³/mol. The topological polar surface area (TPSA) is 82.8 Å². The fourth-order valence-electron chi connectivity index (χ4n) is 2.26. The summed E-state index contributed by atoms with van der Waals surface area (Å²) in [6.45, 7) is 4.35. The minimum Gasteiger partial charge on any atom is -0.460 e. The molecule has 134 valence electrons. The maximum Gasteiger partial charge on any atom is 0.316 e. The van der Waals surface area contributed by atoms with Gasteiger partial charge >= 0.3 is 6.01 Å². The Hall–Kier alpha value is -2.66. The largest absolute Gasteiger partial charge is 0.460 e. The van der Waals surface area contributed by atoms with Crippen LogP contribution >= 0.6 is 9.24 Å². The molecule has 3 rings (SSSR count). The fraction of sp³-hybridized carbons (Fsp3) is 0.278. The van der Waals surface area contributed by atoms with Crippen molar-refractivity contribution < 1.29 is 4.74 Å². The normalized spacial score (nSPS) is 12.0. The third kappa shape index (κ3) is 4.49. The van der Waals surface area contributed by atoms with E-state index in [1.165, 1.54) is 10.7 Å². The second-order valence-electron chi connectivity index (χ2n) is 5.93. The van der Waals surface area contributed by atoms with Crippen LogP contribution in [0.3, 0.4) is 0 Å². The van der Waals surface area contributed by atoms with E-state index in [1.807, 2.05) is 19.9 Å². The van der Waals surface area contributed by atoms with Gasteiger partial charge < -0.3 is 4.74 Å². The van der Waals surface area contributed by atoms with Crippen LogP contribution in [0.1, 0.15) is 25.8 Å². The van der Waals surface area contributed by atoms with E-state index < -0.39 is 0 Å². The van der Waals surface area contributed by atoms with Crippen LogP contribution in [-0.2, 0) is 6.54 Å². The van der Waals surface area contributed by atoms with Gasteiger partial charge in [-0.25, -0.2) is 14.6 Å². The first-order valence-corrected chi connectivity index (χ1v) is 8.89. The molecule has 26 heavy (non-hydrogen) atoms. The Labute approximate surface area is 153 Å². The first-order chi connectivity index (χ1) is 12.5. The van der Waals surface area contributed by atoms with Crippen molar-refractivity contribution in [3.8, 4) is 17.3 Å². The van der Waals surface area contributed by atoms with Gasteiger partial charge in [0.05, 0.1) is 18.3 Å². The van der Waals surface area contributed by atoms with Crippen LogP contribution < -0.4 is 15.6 Å². The van der Waals surface area contributed by atoms with Crippen LogP contribution in [0.5, 0.6) is 6.01 Å². The van der Waals surface area contributed by atoms with E-state index in [4.69, 9.17) is 4.74 Å². The molecule has 0 radical (unpaired) electrons. The summed E-state index contributed by atoms with van der Waals surface area (Å²) in [5, 5.41) is 5.38. The van der Waals surface area contributed by atoms with Crippen LogP contribution in [0.25, 0.3) is 11.3 Å². The second-order valence-corrected chi connectivity index (χ2v) is 6.60. The number of aromatic nitrogens is 5. The average molecular weight is 369 g/mol. The highest BCUT2D eigenvalue weighted by Crippen LogP contribution is 2.15. The zero-order valence-corrected chi connectivity index (χ0v) is 15.8. The summed E-state index contributed by atoms with van der Waals surface area (Å²) in [5.41, 5.74) is 2.06. The van der Waals surface area contributed by atoms with Crippen molar-refractivity contribution in [3.05, 3.63) is 58.9 Å². The Kier molecular flexibility index (Phi) is 5.68. The summed E-state index contributed by atoms with van der Waals surface area (Å²) in [5.74, 6) is 0. The van der Waals surface area contributed by atoms with Crippen molar-refractivity contribution >= 4 is 14.5 Å². The molecule has 1 unspecified atom stereocenters. The first kappa shape index (κ1) is 18.1. The number of ether oxygens (including phenoxy) is 1. The highest BCUT2D eigenvalue weighted by molar-refractivity contribution is 7.27. The van der Waals surface area contributed by atoms with Crippen molar-refractivity contribution in [2.24, 2.45) is 0 Å². The van der Waals surface area contributed by atoms with E-state index >= 15 is 0 Å². The molecule has 3 aromatic heterocycles. The molecule has 0 fully saturated rings. The zero-order chi connectivity index (χ0) is 18.5. The Morgan fingerprint density at radius 1 is 1.19 bits per heavy atom. The molecule has 0 spiro atoms. The quantitative estimate of drug-likeness (QED) is 0.617. The van der Waals surface area contributed by atoms with Gasteiger partial charge in [-0.2, -0.15) is 5.10 Å². The molecule has 8 heteroatoms. The average Bonchev–Trinajstić information content (AvgIpc) is 2.64. The Balaban J connectivity index is 1.84. The lowest BCUT2D eigenvalue weighted by Gasteiger charge is -2.10. The van der Waals surface area contributed by atoms with Crippen LogP contribution in [0.4, 0.5) is 0 Å². The Morgan fingerprint density at radius 3 is 2.65 bits per heavy atom. The van der Waals surface area contributed by atoms with Crippen molar-refractivity contribution in [2.75, 3.05) is 0 Å². The van der Waals surface area contributed by atoms with E-state index in [0.29, 0.717) is 23.8 Å². The third-order valence-electron chi connectivity index (χ3n) is 3.82. The highest BCUT2D eigenvalue weighted by atomic mass is 31.0. The molecule has 0 aliphatic carbocycles. The summed E-state index contributed by atoms with van der Waals surface area (Å²) in [6, 6.07) is 5.43. The standard InChI is InChI=1S/C18H20N5O2P/c1-3-12(2)25-18-20-8-14(9-21-18)16-4-5-17(24)23(22-16)11-13-6-15(26)10-19-7-13/h4-10,12H,3,11,26H2,1-2H3/t12-/m0/s1. The number of hydrogen-bond donors (Lipinski definition) is 0. The number of rotatable bonds is 6.